The monoisotopic (exact) mass is 170 g/mol. The molecule has 0 aliphatic carbocycles. The van der Waals surface area contributed by atoms with Crippen molar-refractivity contribution in [2.75, 3.05) is 13.2 Å². The maximum absolute atomic E-state index is 5.80. The quantitative estimate of drug-likeness (QED) is 0.555. The first kappa shape index (κ1) is 8.52. The first-order valence-electron chi connectivity index (χ1n) is 5.09. The van der Waals surface area contributed by atoms with E-state index in [2.05, 4.69) is 6.92 Å². The van der Waals surface area contributed by atoms with E-state index in [1.54, 1.807) is 0 Å². The van der Waals surface area contributed by atoms with Gasteiger partial charge in [-0.25, -0.2) is 0 Å². The molecule has 0 bridgehead atoms. The molecule has 1 spiro atoms. The maximum atomic E-state index is 5.80. The van der Waals surface area contributed by atoms with Gasteiger partial charge < -0.3 is 9.47 Å². The molecule has 2 fully saturated rings. The molecule has 0 aromatic heterocycles. The Balaban J connectivity index is 1.92. The Labute approximate surface area is 74.2 Å². The van der Waals surface area contributed by atoms with Crippen LogP contribution in [0.15, 0.2) is 0 Å². The van der Waals surface area contributed by atoms with E-state index in [9.17, 15) is 0 Å². The number of hydrogen-bond acceptors (Lipinski definition) is 2. The van der Waals surface area contributed by atoms with Crippen LogP contribution in [-0.4, -0.2) is 19.0 Å². The molecule has 0 aromatic carbocycles. The molecule has 2 saturated heterocycles. The van der Waals surface area contributed by atoms with Crippen molar-refractivity contribution in [3.05, 3.63) is 0 Å². The fourth-order valence-corrected chi connectivity index (χ4v) is 2.05. The lowest BCUT2D eigenvalue weighted by Crippen LogP contribution is -2.43. The molecule has 2 aliphatic heterocycles. The van der Waals surface area contributed by atoms with Gasteiger partial charge in [0.25, 0.3) is 0 Å². The van der Waals surface area contributed by atoms with Crippen molar-refractivity contribution in [2.24, 2.45) is 5.92 Å². The summed E-state index contributed by atoms with van der Waals surface area (Å²) in [6.45, 7) is 4.03. The third-order valence-electron chi connectivity index (χ3n) is 2.97. The average Bonchev–Trinajstić information content (AvgIpc) is 2.13. The van der Waals surface area contributed by atoms with Gasteiger partial charge in [0.15, 0.2) is 5.79 Å². The molecule has 70 valence electrons. The normalized spacial score (nSPS) is 43.2. The summed E-state index contributed by atoms with van der Waals surface area (Å²) in [5.74, 6) is 0.561. The van der Waals surface area contributed by atoms with Gasteiger partial charge in [0.1, 0.15) is 0 Å². The molecule has 2 heterocycles. The lowest BCUT2D eigenvalue weighted by atomic mass is 9.93. The highest BCUT2D eigenvalue weighted by Crippen LogP contribution is 2.35. The first-order chi connectivity index (χ1) is 5.81. The van der Waals surface area contributed by atoms with Crippen LogP contribution in [0.4, 0.5) is 0 Å². The minimum atomic E-state index is -0.162. The lowest BCUT2D eigenvalue weighted by Gasteiger charge is -2.41. The molecule has 12 heavy (non-hydrogen) atoms. The Hall–Kier alpha value is -0.0800. The average molecular weight is 170 g/mol. The van der Waals surface area contributed by atoms with E-state index in [4.69, 9.17) is 9.47 Å². The van der Waals surface area contributed by atoms with Crippen molar-refractivity contribution < 1.29 is 9.47 Å². The van der Waals surface area contributed by atoms with Gasteiger partial charge in [-0.3, -0.25) is 0 Å². The second-order valence-corrected chi connectivity index (χ2v) is 4.17. The number of ether oxygens (including phenoxy) is 2. The molecular formula is C10H18O2. The van der Waals surface area contributed by atoms with Gasteiger partial charge in [0.2, 0.25) is 0 Å². The van der Waals surface area contributed by atoms with Crippen molar-refractivity contribution in [1.82, 2.24) is 0 Å². The zero-order valence-corrected chi connectivity index (χ0v) is 7.84. The molecule has 2 heteroatoms. The van der Waals surface area contributed by atoms with Gasteiger partial charge in [-0.15, -0.1) is 0 Å². The third kappa shape index (κ3) is 1.64. The second-order valence-electron chi connectivity index (χ2n) is 4.17. The Bertz CT molecular complexity index is 140. The fourth-order valence-electron chi connectivity index (χ4n) is 2.05. The van der Waals surface area contributed by atoms with Crippen LogP contribution in [0.3, 0.4) is 0 Å². The van der Waals surface area contributed by atoms with Crippen LogP contribution in [0.25, 0.3) is 0 Å². The van der Waals surface area contributed by atoms with Crippen molar-refractivity contribution in [2.45, 2.75) is 44.8 Å². The smallest absolute Gasteiger partial charge is 0.168 e. The van der Waals surface area contributed by atoms with E-state index in [1.807, 2.05) is 0 Å². The SMILES string of the molecule is CC1CC[C@]2(CCCCO2)OC1. The summed E-state index contributed by atoms with van der Waals surface area (Å²) >= 11 is 0. The molecule has 0 radical (unpaired) electrons. The van der Waals surface area contributed by atoms with Crippen LogP contribution in [0, 0.1) is 5.92 Å². The minimum absolute atomic E-state index is 0.162. The zero-order chi connectivity index (χ0) is 8.44. The van der Waals surface area contributed by atoms with Gasteiger partial charge in [-0.1, -0.05) is 6.92 Å². The standard InChI is InChI=1S/C10H18O2/c1-9-4-6-10(12-8-9)5-2-3-7-11-10/h9H,2-8H2,1H3/t9?,10-/m0/s1. The van der Waals surface area contributed by atoms with Crippen LogP contribution in [0.5, 0.6) is 0 Å². The Morgan fingerprint density at radius 3 is 2.67 bits per heavy atom. The van der Waals surface area contributed by atoms with E-state index in [0.29, 0.717) is 0 Å². The molecule has 2 nitrogen and oxygen atoms in total. The topological polar surface area (TPSA) is 18.5 Å². The van der Waals surface area contributed by atoms with Crippen molar-refractivity contribution in [1.29, 1.82) is 0 Å². The van der Waals surface area contributed by atoms with Crippen LogP contribution < -0.4 is 0 Å². The largest absolute Gasteiger partial charge is 0.350 e. The van der Waals surface area contributed by atoms with Crippen molar-refractivity contribution in [3.8, 4) is 0 Å². The van der Waals surface area contributed by atoms with Crippen LogP contribution in [0.1, 0.15) is 39.0 Å². The molecule has 0 saturated carbocycles. The third-order valence-corrected chi connectivity index (χ3v) is 2.97. The summed E-state index contributed by atoms with van der Waals surface area (Å²) in [4.78, 5) is 0. The van der Waals surface area contributed by atoms with E-state index < -0.39 is 0 Å². The Kier molecular flexibility index (Phi) is 2.37. The summed E-state index contributed by atoms with van der Waals surface area (Å²) in [7, 11) is 0. The highest BCUT2D eigenvalue weighted by Gasteiger charge is 2.37. The van der Waals surface area contributed by atoms with E-state index >= 15 is 0 Å². The predicted octanol–water partition coefficient (Wildman–Crippen LogP) is 2.33. The summed E-state index contributed by atoms with van der Waals surface area (Å²) < 4.78 is 11.5. The number of hydrogen-bond donors (Lipinski definition) is 0. The van der Waals surface area contributed by atoms with E-state index in [1.165, 1.54) is 19.3 Å². The molecule has 2 aliphatic rings. The van der Waals surface area contributed by atoms with Crippen molar-refractivity contribution >= 4 is 0 Å². The number of rotatable bonds is 0. The van der Waals surface area contributed by atoms with Crippen LogP contribution >= 0.6 is 0 Å². The van der Waals surface area contributed by atoms with Gasteiger partial charge in [0, 0.05) is 12.8 Å². The molecule has 2 atom stereocenters. The van der Waals surface area contributed by atoms with E-state index in [-0.39, 0.29) is 5.79 Å². The Morgan fingerprint density at radius 1 is 1.17 bits per heavy atom. The summed E-state index contributed by atoms with van der Waals surface area (Å²) in [5, 5.41) is 0. The van der Waals surface area contributed by atoms with Gasteiger partial charge in [-0.2, -0.15) is 0 Å². The highest BCUT2D eigenvalue weighted by molar-refractivity contribution is 4.78. The van der Waals surface area contributed by atoms with Gasteiger partial charge >= 0.3 is 0 Å². The maximum Gasteiger partial charge on any atom is 0.168 e. The van der Waals surface area contributed by atoms with Crippen LogP contribution in [0.2, 0.25) is 0 Å². The lowest BCUT2D eigenvalue weighted by molar-refractivity contribution is -0.279. The van der Waals surface area contributed by atoms with E-state index in [0.717, 1.165) is 32.0 Å². The first-order valence-corrected chi connectivity index (χ1v) is 5.09. The fraction of sp³-hybridized carbons (Fsp3) is 1.00. The molecule has 0 N–H and O–H groups in total. The summed E-state index contributed by atoms with van der Waals surface area (Å²) in [6.07, 6.45) is 5.96. The molecule has 0 amide bonds. The Morgan fingerprint density at radius 2 is 2.08 bits per heavy atom. The highest BCUT2D eigenvalue weighted by atomic mass is 16.7. The molecule has 0 aromatic rings. The van der Waals surface area contributed by atoms with Crippen molar-refractivity contribution in [3.63, 3.8) is 0 Å². The molecular weight excluding hydrogens is 152 g/mol. The van der Waals surface area contributed by atoms with Crippen LogP contribution in [-0.2, 0) is 9.47 Å². The van der Waals surface area contributed by atoms with Gasteiger partial charge in [0.05, 0.1) is 13.2 Å². The molecule has 2 rings (SSSR count). The summed E-state index contributed by atoms with van der Waals surface area (Å²) in [5.41, 5.74) is 0. The summed E-state index contributed by atoms with van der Waals surface area (Å²) in [6, 6.07) is 0. The molecule has 1 unspecified atom stereocenters. The zero-order valence-electron chi connectivity index (χ0n) is 7.84. The predicted molar refractivity (Wildman–Crippen MR) is 46.9 cm³/mol. The minimum Gasteiger partial charge on any atom is -0.350 e. The van der Waals surface area contributed by atoms with Gasteiger partial charge in [-0.05, 0) is 25.2 Å². The second kappa shape index (κ2) is 3.35.